The molecule has 0 aliphatic carbocycles. The molecule has 1 unspecified atom stereocenters. The fraction of sp³-hybridized carbons (Fsp3) is 0.412. The molecule has 6 nitrogen and oxygen atoms in total. The summed E-state index contributed by atoms with van der Waals surface area (Å²) in [6, 6.07) is 7.38. The van der Waals surface area contributed by atoms with Gasteiger partial charge in [-0.25, -0.2) is 13.4 Å². The van der Waals surface area contributed by atoms with Gasteiger partial charge in [0.15, 0.2) is 9.84 Å². The number of sulfone groups is 1. The van der Waals surface area contributed by atoms with Crippen molar-refractivity contribution in [2.45, 2.75) is 26.3 Å². The lowest BCUT2D eigenvalue weighted by Crippen LogP contribution is -2.34. The van der Waals surface area contributed by atoms with Gasteiger partial charge in [-0.15, -0.1) is 0 Å². The van der Waals surface area contributed by atoms with Crippen LogP contribution in [0, 0.1) is 13.8 Å². The first-order valence-corrected chi connectivity index (χ1v) is 10.3. The molecule has 0 spiro atoms. The molecule has 1 saturated heterocycles. The molecule has 1 aromatic heterocycles. The molecule has 1 N–H and O–H groups in total. The minimum absolute atomic E-state index is 0.0862. The highest BCUT2D eigenvalue weighted by Crippen LogP contribution is 2.25. The Morgan fingerprint density at radius 1 is 1.24 bits per heavy atom. The molecule has 134 valence electrons. The summed E-state index contributed by atoms with van der Waals surface area (Å²) in [6.45, 7) is 3.86. The lowest BCUT2D eigenvalue weighted by atomic mass is 10.2. The second kappa shape index (κ2) is 6.80. The highest BCUT2D eigenvalue weighted by molar-refractivity contribution is 7.91. The fourth-order valence-electron chi connectivity index (χ4n) is 2.92. The molecular formula is C17H21ClN4O2S. The fourth-order valence-corrected chi connectivity index (χ4v) is 4.93. The lowest BCUT2D eigenvalue weighted by Gasteiger charge is -2.24. The van der Waals surface area contributed by atoms with E-state index in [1.54, 1.807) is 0 Å². The van der Waals surface area contributed by atoms with E-state index in [-0.39, 0.29) is 17.5 Å². The van der Waals surface area contributed by atoms with Gasteiger partial charge in [-0.2, -0.15) is 4.98 Å². The van der Waals surface area contributed by atoms with E-state index in [0.29, 0.717) is 23.2 Å². The zero-order valence-corrected chi connectivity index (χ0v) is 16.0. The Morgan fingerprint density at radius 3 is 2.64 bits per heavy atom. The molecule has 1 aromatic carbocycles. The van der Waals surface area contributed by atoms with Crippen LogP contribution in [-0.4, -0.2) is 43.0 Å². The summed E-state index contributed by atoms with van der Waals surface area (Å²) in [6.07, 6.45) is 0.606. The van der Waals surface area contributed by atoms with Crippen LogP contribution in [0.25, 0.3) is 0 Å². The Hall–Kier alpha value is -1.86. The Morgan fingerprint density at radius 2 is 2.00 bits per heavy atom. The SMILES string of the molecule is Cc1cc(Nc2ccc(Cl)cc2C)nc(N(C)C2CCS(=O)(=O)C2)n1. The van der Waals surface area contributed by atoms with Gasteiger partial charge < -0.3 is 10.2 Å². The Labute approximate surface area is 153 Å². The van der Waals surface area contributed by atoms with E-state index in [4.69, 9.17) is 11.6 Å². The molecule has 2 aromatic rings. The van der Waals surface area contributed by atoms with E-state index in [1.807, 2.05) is 50.1 Å². The number of hydrogen-bond donors (Lipinski definition) is 1. The number of halogens is 1. The minimum Gasteiger partial charge on any atom is -0.340 e. The summed E-state index contributed by atoms with van der Waals surface area (Å²) in [5.74, 6) is 1.57. The molecule has 1 aliphatic heterocycles. The molecule has 0 amide bonds. The van der Waals surface area contributed by atoms with Gasteiger partial charge in [0.2, 0.25) is 5.95 Å². The summed E-state index contributed by atoms with van der Waals surface area (Å²) in [4.78, 5) is 10.9. The van der Waals surface area contributed by atoms with Gasteiger partial charge in [-0.3, -0.25) is 0 Å². The minimum atomic E-state index is -2.95. The van der Waals surface area contributed by atoms with Crippen molar-refractivity contribution in [1.82, 2.24) is 9.97 Å². The molecule has 0 radical (unpaired) electrons. The average Bonchev–Trinajstić information content (AvgIpc) is 2.89. The van der Waals surface area contributed by atoms with Crippen molar-refractivity contribution < 1.29 is 8.42 Å². The Kier molecular flexibility index (Phi) is 4.88. The van der Waals surface area contributed by atoms with Crippen molar-refractivity contribution in [3.8, 4) is 0 Å². The number of benzene rings is 1. The number of hydrogen-bond acceptors (Lipinski definition) is 6. The van der Waals surface area contributed by atoms with Crippen LogP contribution < -0.4 is 10.2 Å². The monoisotopic (exact) mass is 380 g/mol. The summed E-state index contributed by atoms with van der Waals surface area (Å²) in [5, 5.41) is 3.97. The smallest absolute Gasteiger partial charge is 0.227 e. The third-order valence-corrected chi connectivity index (χ3v) is 6.35. The predicted molar refractivity (Wildman–Crippen MR) is 102 cm³/mol. The number of aromatic nitrogens is 2. The van der Waals surface area contributed by atoms with Crippen LogP contribution in [0.3, 0.4) is 0 Å². The van der Waals surface area contributed by atoms with Crippen LogP contribution >= 0.6 is 11.6 Å². The number of anilines is 3. The number of nitrogens with one attached hydrogen (secondary N) is 1. The van der Waals surface area contributed by atoms with E-state index in [9.17, 15) is 8.42 Å². The number of aryl methyl sites for hydroxylation is 2. The number of nitrogens with zero attached hydrogens (tertiary/aromatic N) is 3. The van der Waals surface area contributed by atoms with Crippen LogP contribution in [-0.2, 0) is 9.84 Å². The van der Waals surface area contributed by atoms with Crippen LogP contribution in [0.15, 0.2) is 24.3 Å². The second-order valence-electron chi connectivity index (χ2n) is 6.45. The molecule has 1 atom stereocenters. The summed E-state index contributed by atoms with van der Waals surface area (Å²) in [5.41, 5.74) is 2.74. The molecular weight excluding hydrogens is 360 g/mol. The molecule has 25 heavy (non-hydrogen) atoms. The van der Waals surface area contributed by atoms with Gasteiger partial charge in [0.25, 0.3) is 0 Å². The van der Waals surface area contributed by atoms with Gasteiger partial charge in [-0.05, 0) is 44.0 Å². The van der Waals surface area contributed by atoms with E-state index in [0.717, 1.165) is 16.9 Å². The second-order valence-corrected chi connectivity index (χ2v) is 9.11. The van der Waals surface area contributed by atoms with Crippen LogP contribution in [0.4, 0.5) is 17.5 Å². The van der Waals surface area contributed by atoms with Gasteiger partial charge in [0, 0.05) is 35.6 Å². The van der Waals surface area contributed by atoms with Gasteiger partial charge >= 0.3 is 0 Å². The lowest BCUT2D eigenvalue weighted by molar-refractivity contribution is 0.600. The molecule has 0 bridgehead atoms. The van der Waals surface area contributed by atoms with Gasteiger partial charge in [0.05, 0.1) is 11.5 Å². The maximum absolute atomic E-state index is 11.7. The van der Waals surface area contributed by atoms with Crippen LogP contribution in [0.2, 0.25) is 5.02 Å². The Balaban J connectivity index is 1.85. The average molecular weight is 381 g/mol. The quantitative estimate of drug-likeness (QED) is 0.878. The molecule has 1 fully saturated rings. The van der Waals surface area contributed by atoms with E-state index in [2.05, 4.69) is 15.3 Å². The summed E-state index contributed by atoms with van der Waals surface area (Å²) >= 11 is 6.00. The predicted octanol–water partition coefficient (Wildman–Crippen LogP) is 3.11. The standard InChI is InChI=1S/C17H21ClN4O2S/c1-11-8-13(18)4-5-15(11)20-16-9-12(2)19-17(21-16)22(3)14-6-7-25(23,24)10-14/h4-5,8-9,14H,6-7,10H2,1-3H3,(H,19,20,21). The highest BCUT2D eigenvalue weighted by atomic mass is 35.5. The van der Waals surface area contributed by atoms with Crippen molar-refractivity contribution in [1.29, 1.82) is 0 Å². The molecule has 8 heteroatoms. The van der Waals surface area contributed by atoms with Crippen molar-refractivity contribution in [3.63, 3.8) is 0 Å². The largest absolute Gasteiger partial charge is 0.340 e. The maximum Gasteiger partial charge on any atom is 0.227 e. The highest BCUT2D eigenvalue weighted by Gasteiger charge is 2.31. The van der Waals surface area contributed by atoms with E-state index < -0.39 is 9.84 Å². The zero-order valence-electron chi connectivity index (χ0n) is 14.5. The topological polar surface area (TPSA) is 75.2 Å². The molecule has 2 heterocycles. The van der Waals surface area contributed by atoms with Crippen molar-refractivity contribution in [2.75, 3.05) is 28.8 Å². The van der Waals surface area contributed by atoms with E-state index >= 15 is 0 Å². The summed E-state index contributed by atoms with van der Waals surface area (Å²) < 4.78 is 23.5. The first-order chi connectivity index (χ1) is 11.7. The van der Waals surface area contributed by atoms with E-state index in [1.165, 1.54) is 0 Å². The van der Waals surface area contributed by atoms with Crippen molar-refractivity contribution >= 4 is 38.9 Å². The molecule has 3 rings (SSSR count). The third-order valence-electron chi connectivity index (χ3n) is 4.37. The van der Waals surface area contributed by atoms with Gasteiger partial charge in [-0.1, -0.05) is 11.6 Å². The van der Waals surface area contributed by atoms with Crippen LogP contribution in [0.5, 0.6) is 0 Å². The van der Waals surface area contributed by atoms with Crippen molar-refractivity contribution in [2.24, 2.45) is 0 Å². The first kappa shape index (κ1) is 17.9. The first-order valence-electron chi connectivity index (χ1n) is 8.05. The Bertz CT molecular complexity index is 902. The van der Waals surface area contributed by atoms with Gasteiger partial charge in [0.1, 0.15) is 5.82 Å². The van der Waals surface area contributed by atoms with Crippen LogP contribution in [0.1, 0.15) is 17.7 Å². The number of rotatable bonds is 4. The van der Waals surface area contributed by atoms with Crippen molar-refractivity contribution in [3.05, 3.63) is 40.5 Å². The molecule has 0 saturated carbocycles. The third kappa shape index (κ3) is 4.22. The summed E-state index contributed by atoms with van der Waals surface area (Å²) in [7, 11) is -1.11. The normalized spacial score (nSPS) is 19.0. The maximum atomic E-state index is 11.7. The molecule has 1 aliphatic rings. The zero-order chi connectivity index (χ0) is 18.2.